The molecule has 0 aliphatic carbocycles. The van der Waals surface area contributed by atoms with Crippen LogP contribution in [0.3, 0.4) is 0 Å². The van der Waals surface area contributed by atoms with Gasteiger partial charge in [0.05, 0.1) is 16.3 Å². The number of halogens is 1. The normalized spacial score (nSPS) is 13.5. The summed E-state index contributed by atoms with van der Waals surface area (Å²) in [5, 5.41) is 4.25. The highest BCUT2D eigenvalue weighted by molar-refractivity contribution is 6.33. The SMILES string of the molecule is CCCC(=O)N1CCN(c2ccc(NC(=O)c3ccc(-c4cc5ccccc5oc4=O)cc3)cc2Cl)CC1. The van der Waals surface area contributed by atoms with Crippen molar-refractivity contribution in [3.8, 4) is 11.1 Å². The predicted molar refractivity (Wildman–Crippen MR) is 151 cm³/mol. The first-order valence-electron chi connectivity index (χ1n) is 12.7. The Kier molecular flexibility index (Phi) is 7.47. The van der Waals surface area contributed by atoms with Gasteiger partial charge in [-0.15, -0.1) is 0 Å². The molecule has 3 aromatic carbocycles. The Labute approximate surface area is 225 Å². The van der Waals surface area contributed by atoms with Crippen LogP contribution in [0.25, 0.3) is 22.1 Å². The summed E-state index contributed by atoms with van der Waals surface area (Å²) in [5.41, 5.74) is 3.13. The van der Waals surface area contributed by atoms with Crippen molar-refractivity contribution in [3.05, 3.63) is 93.8 Å². The summed E-state index contributed by atoms with van der Waals surface area (Å²) in [6, 6.07) is 21.4. The molecule has 1 saturated heterocycles. The molecule has 0 unspecified atom stereocenters. The smallest absolute Gasteiger partial charge is 0.344 e. The van der Waals surface area contributed by atoms with Crippen molar-refractivity contribution in [2.45, 2.75) is 19.8 Å². The first kappa shape index (κ1) is 25.5. The van der Waals surface area contributed by atoms with Crippen molar-refractivity contribution in [1.29, 1.82) is 0 Å². The molecule has 38 heavy (non-hydrogen) atoms. The minimum atomic E-state index is -0.426. The lowest BCUT2D eigenvalue weighted by atomic mass is 10.0. The first-order chi connectivity index (χ1) is 18.4. The lowest BCUT2D eigenvalue weighted by Gasteiger charge is -2.36. The van der Waals surface area contributed by atoms with Gasteiger partial charge in [-0.2, -0.15) is 0 Å². The number of nitrogens with zero attached hydrogens (tertiary/aromatic N) is 2. The zero-order chi connectivity index (χ0) is 26.6. The van der Waals surface area contributed by atoms with E-state index in [1.165, 1.54) is 0 Å². The minimum Gasteiger partial charge on any atom is -0.422 e. The number of carbonyl (C=O) groups is 2. The highest BCUT2D eigenvalue weighted by Crippen LogP contribution is 2.30. The van der Waals surface area contributed by atoms with E-state index in [1.807, 2.05) is 42.2 Å². The Morgan fingerprint density at radius 2 is 1.68 bits per heavy atom. The molecule has 0 saturated carbocycles. The maximum atomic E-state index is 12.9. The second kappa shape index (κ2) is 11.1. The lowest BCUT2D eigenvalue weighted by molar-refractivity contribution is -0.131. The number of hydrogen-bond acceptors (Lipinski definition) is 5. The highest BCUT2D eigenvalue weighted by Gasteiger charge is 2.22. The van der Waals surface area contributed by atoms with E-state index in [2.05, 4.69) is 10.2 Å². The monoisotopic (exact) mass is 529 g/mol. The van der Waals surface area contributed by atoms with Crippen molar-refractivity contribution < 1.29 is 14.0 Å². The van der Waals surface area contributed by atoms with E-state index >= 15 is 0 Å². The van der Waals surface area contributed by atoms with Gasteiger partial charge >= 0.3 is 5.63 Å². The second-order valence-corrected chi connectivity index (χ2v) is 9.71. The summed E-state index contributed by atoms with van der Waals surface area (Å²) in [6.45, 7) is 4.77. The molecule has 0 spiro atoms. The van der Waals surface area contributed by atoms with E-state index in [1.54, 1.807) is 42.5 Å². The number of carbonyl (C=O) groups excluding carboxylic acids is 2. The van der Waals surface area contributed by atoms with Crippen molar-refractivity contribution in [1.82, 2.24) is 4.90 Å². The maximum absolute atomic E-state index is 12.9. The first-order valence-corrected chi connectivity index (χ1v) is 13.1. The van der Waals surface area contributed by atoms with Gasteiger partial charge in [0.1, 0.15) is 5.58 Å². The molecule has 0 bridgehead atoms. The molecule has 2 amide bonds. The molecular weight excluding hydrogens is 502 g/mol. The molecule has 2 heterocycles. The number of nitrogens with one attached hydrogen (secondary N) is 1. The number of piperazine rings is 1. The fourth-order valence-corrected chi connectivity index (χ4v) is 4.98. The Hall–Kier alpha value is -4.10. The fraction of sp³-hybridized carbons (Fsp3) is 0.233. The van der Waals surface area contributed by atoms with Gasteiger partial charge in [0, 0.05) is 49.2 Å². The van der Waals surface area contributed by atoms with E-state index in [4.69, 9.17) is 16.0 Å². The van der Waals surface area contributed by atoms with Gasteiger partial charge in [-0.1, -0.05) is 48.9 Å². The van der Waals surface area contributed by atoms with Crippen LogP contribution >= 0.6 is 11.6 Å². The topological polar surface area (TPSA) is 82.9 Å². The van der Waals surface area contributed by atoms with Crippen LogP contribution in [0.5, 0.6) is 0 Å². The number of anilines is 2. The molecule has 5 rings (SSSR count). The van der Waals surface area contributed by atoms with Gasteiger partial charge in [-0.3, -0.25) is 9.59 Å². The Balaban J connectivity index is 1.24. The Morgan fingerprint density at radius 3 is 2.39 bits per heavy atom. The molecule has 1 aliphatic rings. The van der Waals surface area contributed by atoms with Crippen molar-refractivity contribution in [3.63, 3.8) is 0 Å². The van der Waals surface area contributed by atoms with Crippen LogP contribution in [-0.2, 0) is 4.79 Å². The number of amides is 2. The highest BCUT2D eigenvalue weighted by atomic mass is 35.5. The van der Waals surface area contributed by atoms with E-state index in [9.17, 15) is 14.4 Å². The van der Waals surface area contributed by atoms with Gasteiger partial charge in [0.2, 0.25) is 5.91 Å². The van der Waals surface area contributed by atoms with Crippen LogP contribution in [-0.4, -0.2) is 42.9 Å². The average Bonchev–Trinajstić information content (AvgIpc) is 2.93. The predicted octanol–water partition coefficient (Wildman–Crippen LogP) is 5.81. The molecule has 0 atom stereocenters. The number of hydrogen-bond donors (Lipinski definition) is 1. The molecule has 194 valence electrons. The molecule has 1 fully saturated rings. The maximum Gasteiger partial charge on any atom is 0.344 e. The van der Waals surface area contributed by atoms with Crippen LogP contribution in [0, 0.1) is 0 Å². The van der Waals surface area contributed by atoms with Crippen LogP contribution in [0.15, 0.2) is 82.0 Å². The van der Waals surface area contributed by atoms with E-state index in [0.29, 0.717) is 65.6 Å². The van der Waals surface area contributed by atoms with Crippen LogP contribution in [0.2, 0.25) is 5.02 Å². The summed E-state index contributed by atoms with van der Waals surface area (Å²) in [6.07, 6.45) is 1.43. The number of para-hydroxylation sites is 1. The Bertz CT molecular complexity index is 1540. The summed E-state index contributed by atoms with van der Waals surface area (Å²) in [4.78, 5) is 41.5. The number of rotatable bonds is 6. The summed E-state index contributed by atoms with van der Waals surface area (Å²) in [5.74, 6) is -0.0842. The molecule has 1 N–H and O–H groups in total. The standard InChI is InChI=1S/C30H28ClN3O4/c1-2-5-28(35)34-16-14-33(15-17-34)26-13-12-23(19-25(26)31)32-29(36)21-10-8-20(9-11-21)24-18-22-6-3-4-7-27(22)38-30(24)37/h3-4,6-13,18-19H,2,5,14-17H2,1H3,(H,32,36). The van der Waals surface area contributed by atoms with Crippen LogP contribution in [0.4, 0.5) is 11.4 Å². The van der Waals surface area contributed by atoms with E-state index in [0.717, 1.165) is 17.5 Å². The van der Waals surface area contributed by atoms with Crippen LogP contribution in [0.1, 0.15) is 30.1 Å². The Morgan fingerprint density at radius 1 is 0.947 bits per heavy atom. The van der Waals surface area contributed by atoms with Crippen molar-refractivity contribution in [2.75, 3.05) is 36.4 Å². The average molecular weight is 530 g/mol. The molecule has 7 nitrogen and oxygen atoms in total. The zero-order valence-electron chi connectivity index (χ0n) is 21.1. The largest absolute Gasteiger partial charge is 0.422 e. The van der Waals surface area contributed by atoms with E-state index in [-0.39, 0.29) is 11.8 Å². The summed E-state index contributed by atoms with van der Waals surface area (Å²) < 4.78 is 5.43. The molecule has 4 aromatic rings. The quantitative estimate of drug-likeness (QED) is 0.318. The van der Waals surface area contributed by atoms with Gasteiger partial charge in [-0.05, 0) is 54.4 Å². The molecule has 8 heteroatoms. The second-order valence-electron chi connectivity index (χ2n) is 9.30. The van der Waals surface area contributed by atoms with E-state index < -0.39 is 5.63 Å². The fourth-order valence-electron chi connectivity index (χ4n) is 4.68. The van der Waals surface area contributed by atoms with Crippen LogP contribution < -0.4 is 15.8 Å². The molecule has 0 radical (unpaired) electrons. The molecule has 1 aliphatic heterocycles. The van der Waals surface area contributed by atoms with Gasteiger partial charge in [-0.25, -0.2) is 4.79 Å². The van der Waals surface area contributed by atoms with Gasteiger partial charge in [0.15, 0.2) is 0 Å². The van der Waals surface area contributed by atoms with Crippen molar-refractivity contribution in [2.24, 2.45) is 0 Å². The minimum absolute atomic E-state index is 0.199. The third-order valence-electron chi connectivity index (χ3n) is 6.74. The molecule has 1 aromatic heterocycles. The zero-order valence-corrected chi connectivity index (χ0v) is 21.8. The third kappa shape index (κ3) is 5.43. The molecular formula is C30H28ClN3O4. The third-order valence-corrected chi connectivity index (χ3v) is 7.04. The number of benzene rings is 3. The van der Waals surface area contributed by atoms with Gasteiger partial charge < -0.3 is 19.5 Å². The summed E-state index contributed by atoms with van der Waals surface area (Å²) >= 11 is 6.57. The van der Waals surface area contributed by atoms with Gasteiger partial charge in [0.25, 0.3) is 5.91 Å². The van der Waals surface area contributed by atoms with Crippen molar-refractivity contribution >= 4 is 45.8 Å². The summed E-state index contributed by atoms with van der Waals surface area (Å²) in [7, 11) is 0. The number of fused-ring (bicyclic) bond motifs is 1. The lowest BCUT2D eigenvalue weighted by Crippen LogP contribution is -2.48.